The van der Waals surface area contributed by atoms with Gasteiger partial charge in [-0.15, -0.1) is 0 Å². The van der Waals surface area contributed by atoms with Crippen LogP contribution in [0.3, 0.4) is 0 Å². The van der Waals surface area contributed by atoms with Gasteiger partial charge in [0, 0.05) is 31.9 Å². The van der Waals surface area contributed by atoms with Crippen LogP contribution in [0.25, 0.3) is 0 Å². The Morgan fingerprint density at radius 2 is 1.70 bits per heavy atom. The maximum Gasteiger partial charge on any atom is 0.211 e. The number of rotatable bonds is 3. The molecule has 0 radical (unpaired) electrons. The van der Waals surface area contributed by atoms with Crippen molar-refractivity contribution in [1.82, 2.24) is 4.31 Å². The first-order chi connectivity index (χ1) is 10.9. The standard InChI is InChI=1S/C18H22N2O2S/c1-19-17(12-15-8-4-3-5-9-15)14-20(23(2,21)22)13-16-10-6-7-11-18(16)19/h3-11,17H,12-14H2,1-2H3. The predicted octanol–water partition coefficient (Wildman–Crippen LogP) is 2.51. The number of likely N-dealkylation sites (N-methyl/N-ethyl adjacent to an activating group) is 1. The van der Waals surface area contributed by atoms with Crippen LogP contribution in [0.1, 0.15) is 11.1 Å². The van der Waals surface area contributed by atoms with Crippen LogP contribution in [0.15, 0.2) is 54.6 Å². The molecule has 0 fully saturated rings. The molecule has 2 aromatic rings. The summed E-state index contributed by atoms with van der Waals surface area (Å²) in [5.41, 5.74) is 3.38. The van der Waals surface area contributed by atoms with Crippen molar-refractivity contribution >= 4 is 15.7 Å². The fourth-order valence-electron chi connectivity index (χ4n) is 3.14. The van der Waals surface area contributed by atoms with Crippen LogP contribution in [-0.2, 0) is 23.0 Å². The molecule has 0 saturated carbocycles. The van der Waals surface area contributed by atoms with Gasteiger partial charge in [-0.25, -0.2) is 8.42 Å². The molecular weight excluding hydrogens is 308 g/mol. The van der Waals surface area contributed by atoms with Gasteiger partial charge in [0.25, 0.3) is 0 Å². The number of hydrogen-bond donors (Lipinski definition) is 0. The Hall–Kier alpha value is -1.85. The van der Waals surface area contributed by atoms with E-state index in [4.69, 9.17) is 0 Å². The lowest BCUT2D eigenvalue weighted by molar-refractivity contribution is 0.386. The van der Waals surface area contributed by atoms with E-state index in [0.29, 0.717) is 13.1 Å². The van der Waals surface area contributed by atoms with Crippen LogP contribution < -0.4 is 4.90 Å². The minimum absolute atomic E-state index is 0.107. The lowest BCUT2D eigenvalue weighted by Gasteiger charge is -2.30. The summed E-state index contributed by atoms with van der Waals surface area (Å²) in [6.45, 7) is 0.934. The fraction of sp³-hybridized carbons (Fsp3) is 0.333. The van der Waals surface area contributed by atoms with Gasteiger partial charge < -0.3 is 4.90 Å². The molecule has 4 nitrogen and oxygen atoms in total. The maximum absolute atomic E-state index is 12.2. The molecule has 2 aromatic carbocycles. The average Bonchev–Trinajstić information content (AvgIpc) is 2.66. The molecule has 0 spiro atoms. The van der Waals surface area contributed by atoms with E-state index in [-0.39, 0.29) is 6.04 Å². The quantitative estimate of drug-likeness (QED) is 0.868. The predicted molar refractivity (Wildman–Crippen MR) is 94.0 cm³/mol. The molecule has 1 heterocycles. The van der Waals surface area contributed by atoms with Crippen LogP contribution >= 0.6 is 0 Å². The molecule has 5 heteroatoms. The minimum Gasteiger partial charge on any atom is -0.370 e. The summed E-state index contributed by atoms with van der Waals surface area (Å²) in [6.07, 6.45) is 2.11. The molecule has 122 valence electrons. The second-order valence-corrected chi connectivity index (χ2v) is 8.12. The van der Waals surface area contributed by atoms with Gasteiger partial charge in [0.15, 0.2) is 0 Å². The van der Waals surface area contributed by atoms with Crippen molar-refractivity contribution in [2.45, 2.75) is 19.0 Å². The van der Waals surface area contributed by atoms with E-state index >= 15 is 0 Å². The molecule has 1 unspecified atom stereocenters. The van der Waals surface area contributed by atoms with Crippen molar-refractivity contribution in [2.24, 2.45) is 0 Å². The van der Waals surface area contributed by atoms with Crippen LogP contribution in [-0.4, -0.2) is 38.6 Å². The SMILES string of the molecule is CN1c2ccccc2CN(S(C)(=O)=O)CC1Cc1ccccc1. The highest BCUT2D eigenvalue weighted by Gasteiger charge is 2.29. The molecule has 0 saturated heterocycles. The van der Waals surface area contributed by atoms with Crippen molar-refractivity contribution in [3.8, 4) is 0 Å². The first kappa shape index (κ1) is 16.0. The van der Waals surface area contributed by atoms with Crippen molar-refractivity contribution in [3.63, 3.8) is 0 Å². The molecule has 1 aliphatic rings. The Morgan fingerprint density at radius 1 is 1.04 bits per heavy atom. The van der Waals surface area contributed by atoms with Gasteiger partial charge in [0.05, 0.1) is 6.26 Å². The molecule has 0 bridgehead atoms. The van der Waals surface area contributed by atoms with Crippen molar-refractivity contribution in [2.75, 3.05) is 24.7 Å². The summed E-state index contributed by atoms with van der Waals surface area (Å²) in [6, 6.07) is 18.4. The largest absolute Gasteiger partial charge is 0.370 e. The number of hydrogen-bond acceptors (Lipinski definition) is 3. The highest BCUT2D eigenvalue weighted by molar-refractivity contribution is 7.88. The lowest BCUT2D eigenvalue weighted by atomic mass is 10.0. The molecule has 0 aromatic heterocycles. The molecule has 0 amide bonds. The summed E-state index contributed by atoms with van der Waals surface area (Å²) in [7, 11) is -1.18. The Balaban J connectivity index is 1.98. The molecule has 1 atom stereocenters. The second-order valence-electron chi connectivity index (χ2n) is 6.14. The zero-order valence-electron chi connectivity index (χ0n) is 13.5. The lowest BCUT2D eigenvalue weighted by Crippen LogP contribution is -2.42. The highest BCUT2D eigenvalue weighted by atomic mass is 32.2. The van der Waals surface area contributed by atoms with Gasteiger partial charge in [-0.1, -0.05) is 48.5 Å². The normalized spacial score (nSPS) is 19.2. The van der Waals surface area contributed by atoms with E-state index in [1.165, 1.54) is 11.8 Å². The van der Waals surface area contributed by atoms with Gasteiger partial charge in [-0.3, -0.25) is 0 Å². The number of benzene rings is 2. The zero-order valence-corrected chi connectivity index (χ0v) is 14.3. The third-order valence-corrected chi connectivity index (χ3v) is 5.68. The Kier molecular flexibility index (Phi) is 4.41. The van der Waals surface area contributed by atoms with Gasteiger partial charge in [-0.2, -0.15) is 4.31 Å². The highest BCUT2D eigenvalue weighted by Crippen LogP contribution is 2.28. The van der Waals surface area contributed by atoms with Crippen LogP contribution in [0.2, 0.25) is 0 Å². The molecule has 3 rings (SSSR count). The Labute approximate surface area is 138 Å². The first-order valence-electron chi connectivity index (χ1n) is 7.75. The maximum atomic E-state index is 12.2. The van der Waals surface area contributed by atoms with Gasteiger partial charge in [0.2, 0.25) is 10.0 Å². The number of anilines is 1. The van der Waals surface area contributed by atoms with Crippen LogP contribution in [0.5, 0.6) is 0 Å². The van der Waals surface area contributed by atoms with E-state index in [1.54, 1.807) is 4.31 Å². The van der Waals surface area contributed by atoms with Crippen LogP contribution in [0.4, 0.5) is 5.69 Å². The average molecular weight is 330 g/mol. The Bertz CT molecular complexity index is 775. The number of sulfonamides is 1. The van der Waals surface area contributed by atoms with Crippen LogP contribution in [0, 0.1) is 0 Å². The van der Waals surface area contributed by atoms with Crippen molar-refractivity contribution in [3.05, 3.63) is 65.7 Å². The summed E-state index contributed by atoms with van der Waals surface area (Å²) in [4.78, 5) is 2.22. The van der Waals surface area contributed by atoms with Crippen molar-refractivity contribution < 1.29 is 8.42 Å². The summed E-state index contributed by atoms with van der Waals surface area (Å²) in [5, 5.41) is 0. The second kappa shape index (κ2) is 6.34. The number of fused-ring (bicyclic) bond motifs is 1. The summed E-state index contributed by atoms with van der Waals surface area (Å²) >= 11 is 0. The third-order valence-electron chi connectivity index (χ3n) is 4.46. The number of para-hydroxylation sites is 1. The zero-order chi connectivity index (χ0) is 16.4. The van der Waals surface area contributed by atoms with E-state index < -0.39 is 10.0 Å². The number of nitrogens with zero attached hydrogens (tertiary/aromatic N) is 2. The third kappa shape index (κ3) is 3.57. The van der Waals surface area contributed by atoms with Crippen molar-refractivity contribution in [1.29, 1.82) is 0 Å². The first-order valence-corrected chi connectivity index (χ1v) is 9.60. The topological polar surface area (TPSA) is 40.6 Å². The fourth-order valence-corrected chi connectivity index (χ4v) is 3.95. The van der Waals surface area contributed by atoms with Gasteiger partial charge in [0.1, 0.15) is 0 Å². The molecule has 0 aliphatic carbocycles. The van der Waals surface area contributed by atoms with Gasteiger partial charge in [-0.05, 0) is 23.6 Å². The van der Waals surface area contributed by atoms with E-state index in [0.717, 1.165) is 17.7 Å². The van der Waals surface area contributed by atoms with Gasteiger partial charge >= 0.3 is 0 Å². The van der Waals surface area contributed by atoms with E-state index in [2.05, 4.69) is 30.1 Å². The van der Waals surface area contributed by atoms with E-state index in [1.807, 2.05) is 36.4 Å². The molecule has 1 aliphatic heterocycles. The van der Waals surface area contributed by atoms with E-state index in [9.17, 15) is 8.42 Å². The molecule has 23 heavy (non-hydrogen) atoms. The summed E-state index contributed by atoms with van der Waals surface area (Å²) in [5.74, 6) is 0. The Morgan fingerprint density at radius 3 is 2.39 bits per heavy atom. The molecule has 0 N–H and O–H groups in total. The monoisotopic (exact) mass is 330 g/mol. The summed E-state index contributed by atoms with van der Waals surface area (Å²) < 4.78 is 25.9. The molecular formula is C18H22N2O2S. The minimum atomic E-state index is -3.23. The smallest absolute Gasteiger partial charge is 0.211 e.